The summed E-state index contributed by atoms with van der Waals surface area (Å²) in [4.78, 5) is 45.6. The van der Waals surface area contributed by atoms with Crippen LogP contribution < -0.4 is 21.1 Å². The van der Waals surface area contributed by atoms with Crippen LogP contribution in [0.15, 0.2) is 47.8 Å². The lowest BCUT2D eigenvalue weighted by molar-refractivity contribution is 0.0691. The van der Waals surface area contributed by atoms with Gasteiger partial charge >= 0.3 is 5.97 Å². The molecule has 47 heavy (non-hydrogen) atoms. The first-order valence-electron chi connectivity index (χ1n) is 16.3. The molecule has 2 aromatic heterocycles. The third kappa shape index (κ3) is 6.94. The van der Waals surface area contributed by atoms with Crippen LogP contribution in [0.1, 0.15) is 98.5 Å². The summed E-state index contributed by atoms with van der Waals surface area (Å²) in [5, 5.41) is 18.5. The highest BCUT2D eigenvalue weighted by Gasteiger charge is 2.27. The second-order valence-corrected chi connectivity index (χ2v) is 13.4. The molecule has 2 aromatic carbocycles. The zero-order chi connectivity index (χ0) is 33.1. The molecule has 0 unspecified atom stereocenters. The van der Waals surface area contributed by atoms with Crippen LogP contribution in [-0.2, 0) is 13.0 Å². The zero-order valence-electron chi connectivity index (χ0n) is 26.8. The smallest absolute Gasteiger partial charge is 0.355 e. The number of hydrogen-bond donors (Lipinski definition) is 4. The number of carbonyl (C=O) groups excluding carboxylic acids is 2. The van der Waals surface area contributed by atoms with E-state index in [4.69, 9.17) is 10.5 Å². The molecule has 2 aliphatic rings. The second kappa shape index (κ2) is 14.1. The maximum Gasteiger partial charge on any atom is 0.355 e. The molecule has 9 nitrogen and oxygen atoms in total. The molecule has 3 heterocycles. The number of fused-ring (bicyclic) bond motifs is 3. The van der Waals surface area contributed by atoms with Gasteiger partial charge in [-0.2, -0.15) is 0 Å². The van der Waals surface area contributed by atoms with Crippen molar-refractivity contribution in [1.29, 1.82) is 0 Å². The summed E-state index contributed by atoms with van der Waals surface area (Å²) in [7, 11) is 0. The van der Waals surface area contributed by atoms with E-state index in [2.05, 4.69) is 21.7 Å². The molecule has 2 amide bonds. The summed E-state index contributed by atoms with van der Waals surface area (Å²) in [6.07, 6.45) is 8.10. The number of carboxylic acid groups (broad SMARTS) is 1. The molecule has 4 aromatic rings. The van der Waals surface area contributed by atoms with Crippen molar-refractivity contribution in [2.24, 2.45) is 5.73 Å². The Balaban J connectivity index is 1.43. The average molecular weight is 653 g/mol. The summed E-state index contributed by atoms with van der Waals surface area (Å²) >= 11 is 1.57. The number of benzene rings is 2. The number of rotatable bonds is 7. The Bertz CT molecular complexity index is 1820. The number of anilines is 1. The fraction of sp³-hybridized carbons (Fsp3) is 0.351. The predicted octanol–water partition coefficient (Wildman–Crippen LogP) is 7.28. The van der Waals surface area contributed by atoms with E-state index in [9.17, 15) is 19.5 Å². The summed E-state index contributed by atoms with van der Waals surface area (Å²) in [6, 6.07) is 12.6. The Morgan fingerprint density at radius 3 is 2.36 bits per heavy atom. The number of thiophene rings is 1. The Morgan fingerprint density at radius 1 is 0.936 bits per heavy atom. The summed E-state index contributed by atoms with van der Waals surface area (Å²) in [5.74, 6) is -1.54. The van der Waals surface area contributed by atoms with E-state index in [1.165, 1.54) is 12.5 Å². The minimum Gasteiger partial charge on any atom is -0.493 e. The molecule has 10 heteroatoms. The van der Waals surface area contributed by atoms with Crippen LogP contribution in [0.2, 0.25) is 0 Å². The molecule has 1 aliphatic heterocycles. The van der Waals surface area contributed by atoms with Crippen LogP contribution in [0.3, 0.4) is 0 Å². The van der Waals surface area contributed by atoms with E-state index in [1.807, 2.05) is 31.4 Å². The fourth-order valence-electron chi connectivity index (χ4n) is 6.70. The summed E-state index contributed by atoms with van der Waals surface area (Å²) in [5.41, 5.74) is 11.7. The number of carboxylic acids is 1. The van der Waals surface area contributed by atoms with Gasteiger partial charge in [0.25, 0.3) is 11.8 Å². The fourth-order valence-corrected chi connectivity index (χ4v) is 7.68. The first kappa shape index (κ1) is 32.4. The van der Waals surface area contributed by atoms with Crippen molar-refractivity contribution in [3.8, 4) is 27.3 Å². The van der Waals surface area contributed by atoms with Crippen molar-refractivity contribution >= 4 is 34.8 Å². The van der Waals surface area contributed by atoms with Crippen molar-refractivity contribution in [2.75, 3.05) is 11.9 Å². The van der Waals surface area contributed by atoms with Gasteiger partial charge in [-0.1, -0.05) is 44.2 Å². The van der Waals surface area contributed by atoms with E-state index in [0.717, 1.165) is 71.2 Å². The van der Waals surface area contributed by atoms with Gasteiger partial charge in [-0.3, -0.25) is 9.59 Å². The number of amides is 2. The number of carbonyl (C=O) groups is 3. The highest BCUT2D eigenvalue weighted by atomic mass is 32.1. The highest BCUT2D eigenvalue weighted by Crippen LogP contribution is 2.43. The van der Waals surface area contributed by atoms with Crippen molar-refractivity contribution in [1.82, 2.24) is 10.3 Å². The van der Waals surface area contributed by atoms with Crippen LogP contribution in [0.5, 0.6) is 5.75 Å². The van der Waals surface area contributed by atoms with Gasteiger partial charge < -0.3 is 26.2 Å². The molecular formula is C37H40N4O5S. The summed E-state index contributed by atoms with van der Waals surface area (Å²) < 4.78 is 6.17. The second-order valence-electron chi connectivity index (χ2n) is 12.4. The molecule has 0 radical (unpaired) electrons. The predicted molar refractivity (Wildman–Crippen MR) is 184 cm³/mol. The Morgan fingerprint density at radius 2 is 1.66 bits per heavy atom. The largest absolute Gasteiger partial charge is 0.493 e. The number of aromatic carboxylic acids is 1. The number of hydrogen-bond acceptors (Lipinski definition) is 7. The standard InChI is InChI=1S/C37H40N4O5S/c1-21-16-23(20-38)17-22(2)32(21)41-35(42)28-18-29-31(46-14-12-24-13-15-47-34(24)29)19-27(28)26-10-11-30(40-33(26)37(44)45)36(43)39-25-8-6-4-3-5-7-9-25/h10-11,13,15-19,25H,3-9,12,14,20,38H2,1-2H3,(H,39,43)(H,41,42)(H,44,45). The number of aryl methyl sites for hydroxylation is 2. The number of nitrogens with two attached hydrogens (primary N) is 1. The zero-order valence-corrected chi connectivity index (χ0v) is 27.6. The molecule has 0 spiro atoms. The van der Waals surface area contributed by atoms with Gasteiger partial charge in [0.1, 0.15) is 11.4 Å². The first-order valence-corrected chi connectivity index (χ1v) is 17.2. The average Bonchev–Trinajstić information content (AvgIpc) is 3.44. The number of pyridine rings is 1. The number of nitrogens with zero attached hydrogens (tertiary/aromatic N) is 1. The van der Waals surface area contributed by atoms with E-state index < -0.39 is 17.8 Å². The van der Waals surface area contributed by atoms with Gasteiger partial charge in [0.05, 0.1) is 6.61 Å². The Hall–Kier alpha value is -4.54. The molecule has 1 aliphatic carbocycles. The third-order valence-corrected chi connectivity index (χ3v) is 10.1. The van der Waals surface area contributed by atoms with E-state index in [1.54, 1.807) is 29.5 Å². The molecular weight excluding hydrogens is 612 g/mol. The topological polar surface area (TPSA) is 144 Å². The van der Waals surface area contributed by atoms with E-state index in [-0.39, 0.29) is 28.6 Å². The Kier molecular flexibility index (Phi) is 9.70. The van der Waals surface area contributed by atoms with Crippen molar-refractivity contribution in [2.45, 2.75) is 77.8 Å². The lowest BCUT2D eigenvalue weighted by Gasteiger charge is -2.21. The minimum atomic E-state index is -1.30. The molecule has 0 bridgehead atoms. The van der Waals surface area contributed by atoms with E-state index >= 15 is 0 Å². The number of ether oxygens (including phenoxy) is 1. The highest BCUT2D eigenvalue weighted by molar-refractivity contribution is 7.13. The van der Waals surface area contributed by atoms with E-state index in [0.29, 0.717) is 36.6 Å². The van der Waals surface area contributed by atoms with Gasteiger partial charge in [0, 0.05) is 51.8 Å². The number of aromatic nitrogens is 1. The van der Waals surface area contributed by atoms with Crippen LogP contribution in [0.4, 0.5) is 5.69 Å². The Labute approximate surface area is 278 Å². The minimum absolute atomic E-state index is 0.0275. The van der Waals surface area contributed by atoms with Gasteiger partial charge in [-0.15, -0.1) is 11.3 Å². The van der Waals surface area contributed by atoms with Gasteiger partial charge in [-0.25, -0.2) is 9.78 Å². The number of nitrogens with one attached hydrogen (secondary N) is 2. The van der Waals surface area contributed by atoms with Gasteiger partial charge in [0.15, 0.2) is 5.69 Å². The van der Waals surface area contributed by atoms with Crippen molar-refractivity contribution in [3.05, 3.63) is 87.0 Å². The summed E-state index contributed by atoms with van der Waals surface area (Å²) in [6.45, 7) is 4.65. The maximum absolute atomic E-state index is 14.2. The molecule has 0 saturated heterocycles. The van der Waals surface area contributed by atoms with Gasteiger partial charge in [-0.05, 0) is 84.7 Å². The van der Waals surface area contributed by atoms with Gasteiger partial charge in [0.2, 0.25) is 0 Å². The monoisotopic (exact) mass is 652 g/mol. The van der Waals surface area contributed by atoms with Crippen molar-refractivity contribution in [3.63, 3.8) is 0 Å². The molecule has 1 fully saturated rings. The van der Waals surface area contributed by atoms with Crippen LogP contribution >= 0.6 is 11.3 Å². The van der Waals surface area contributed by atoms with Crippen LogP contribution in [0.25, 0.3) is 21.6 Å². The van der Waals surface area contributed by atoms with Crippen LogP contribution in [-0.4, -0.2) is 40.5 Å². The van der Waals surface area contributed by atoms with Crippen molar-refractivity contribution < 1.29 is 24.2 Å². The first-order chi connectivity index (χ1) is 22.7. The lowest BCUT2D eigenvalue weighted by Crippen LogP contribution is -2.36. The quantitative estimate of drug-likeness (QED) is 0.164. The normalized spacial score (nSPS) is 14.9. The molecule has 6 rings (SSSR count). The molecule has 244 valence electrons. The maximum atomic E-state index is 14.2. The SMILES string of the molecule is Cc1cc(CN)cc(C)c1NC(=O)c1cc2c(cc1-c1ccc(C(=O)NC3CCCCCCC3)nc1C(=O)O)OCCc1ccsc1-2. The molecule has 1 saturated carbocycles. The third-order valence-electron chi connectivity index (χ3n) is 9.11. The molecule has 0 atom stereocenters. The lowest BCUT2D eigenvalue weighted by atomic mass is 9.93. The molecule has 5 N–H and O–H groups in total. The van der Waals surface area contributed by atoms with Crippen LogP contribution in [0, 0.1) is 13.8 Å².